The quantitative estimate of drug-likeness (QED) is 0.0481. The molecule has 0 fully saturated rings. The second-order valence-corrected chi connectivity index (χ2v) is 13.7. The first-order valence-corrected chi connectivity index (χ1v) is 19.9. The molecule has 0 saturated carbocycles. The molecule has 0 bridgehead atoms. The first-order chi connectivity index (χ1) is 21.7. The predicted molar refractivity (Wildman–Crippen MR) is 193 cm³/mol. The van der Waals surface area contributed by atoms with E-state index in [9.17, 15) is 15.0 Å². The van der Waals surface area contributed by atoms with E-state index in [1.165, 1.54) is 173 Å². The maximum absolute atomic E-state index is 12.2. The fourth-order valence-electron chi connectivity index (χ4n) is 6.18. The third-order valence-corrected chi connectivity index (χ3v) is 9.27. The van der Waals surface area contributed by atoms with E-state index in [1.807, 2.05) is 6.08 Å². The highest BCUT2D eigenvalue weighted by molar-refractivity contribution is 5.76. The van der Waals surface area contributed by atoms with Gasteiger partial charge in [-0.3, -0.25) is 4.79 Å². The number of hydrogen-bond acceptors (Lipinski definition) is 3. The first-order valence-electron chi connectivity index (χ1n) is 19.9. The molecule has 0 rings (SSSR count). The van der Waals surface area contributed by atoms with E-state index >= 15 is 0 Å². The van der Waals surface area contributed by atoms with Gasteiger partial charge >= 0.3 is 0 Å². The van der Waals surface area contributed by atoms with Crippen LogP contribution in [0.5, 0.6) is 0 Å². The summed E-state index contributed by atoms with van der Waals surface area (Å²) in [6.07, 6.45) is 44.7. The van der Waals surface area contributed by atoms with Crippen molar-refractivity contribution in [2.24, 2.45) is 0 Å². The number of carbonyl (C=O) groups excluding carboxylic acids is 1. The number of hydrogen-bond donors (Lipinski definition) is 3. The van der Waals surface area contributed by atoms with E-state index in [-0.39, 0.29) is 12.5 Å². The van der Waals surface area contributed by atoms with Gasteiger partial charge in [-0.15, -0.1) is 0 Å². The largest absolute Gasteiger partial charge is 0.394 e. The van der Waals surface area contributed by atoms with Gasteiger partial charge in [-0.1, -0.05) is 206 Å². The number of rotatable bonds is 36. The number of unbranched alkanes of at least 4 members (excludes halogenated alkanes) is 29. The summed E-state index contributed by atoms with van der Waals surface area (Å²) in [4.78, 5) is 12.2. The molecule has 2 unspecified atom stereocenters. The zero-order chi connectivity index (χ0) is 32.2. The highest BCUT2D eigenvalue weighted by Gasteiger charge is 2.17. The topological polar surface area (TPSA) is 69.6 Å². The highest BCUT2D eigenvalue weighted by Crippen LogP contribution is 2.16. The summed E-state index contributed by atoms with van der Waals surface area (Å²) in [7, 11) is 0. The van der Waals surface area contributed by atoms with Gasteiger partial charge in [0.2, 0.25) is 5.91 Å². The summed E-state index contributed by atoms with van der Waals surface area (Å²) in [5.41, 5.74) is 0. The van der Waals surface area contributed by atoms with Gasteiger partial charge in [0.25, 0.3) is 0 Å². The van der Waals surface area contributed by atoms with Crippen LogP contribution < -0.4 is 5.32 Å². The average molecular weight is 622 g/mol. The van der Waals surface area contributed by atoms with Crippen molar-refractivity contribution < 1.29 is 15.0 Å². The number of amides is 1. The second kappa shape index (κ2) is 36.6. The maximum atomic E-state index is 12.2. The van der Waals surface area contributed by atoms with E-state index < -0.39 is 12.1 Å². The molecule has 4 heteroatoms. The normalized spacial score (nSPS) is 13.1. The zero-order valence-electron chi connectivity index (χ0n) is 29.9. The molecule has 0 aliphatic rings. The summed E-state index contributed by atoms with van der Waals surface area (Å²) in [5, 5.41) is 22.8. The summed E-state index contributed by atoms with van der Waals surface area (Å²) in [6.45, 7) is 4.28. The number of carbonyl (C=O) groups is 1. The van der Waals surface area contributed by atoms with E-state index in [4.69, 9.17) is 0 Å². The molecule has 44 heavy (non-hydrogen) atoms. The second-order valence-electron chi connectivity index (χ2n) is 13.7. The van der Waals surface area contributed by atoms with Crippen LogP contribution >= 0.6 is 0 Å². The Hall–Kier alpha value is -0.870. The summed E-state index contributed by atoms with van der Waals surface area (Å²) < 4.78 is 0. The monoisotopic (exact) mass is 622 g/mol. The molecule has 262 valence electrons. The molecule has 0 aromatic heterocycles. The Labute approximate surface area is 276 Å². The maximum Gasteiger partial charge on any atom is 0.220 e. The van der Waals surface area contributed by atoms with Crippen molar-refractivity contribution in [3.63, 3.8) is 0 Å². The molecule has 0 saturated heterocycles. The molecule has 1 amide bonds. The molecule has 4 nitrogen and oxygen atoms in total. The lowest BCUT2D eigenvalue weighted by molar-refractivity contribution is -0.123. The first kappa shape index (κ1) is 43.1. The van der Waals surface area contributed by atoms with Gasteiger partial charge in [-0.05, 0) is 19.3 Å². The van der Waals surface area contributed by atoms with Crippen LogP contribution in [0.2, 0.25) is 0 Å². The van der Waals surface area contributed by atoms with Gasteiger partial charge in [0.1, 0.15) is 0 Å². The predicted octanol–water partition coefficient (Wildman–Crippen LogP) is 11.9. The fourth-order valence-corrected chi connectivity index (χ4v) is 6.18. The molecule has 0 radical (unpaired) electrons. The molecular weight excluding hydrogens is 542 g/mol. The number of aliphatic hydroxyl groups excluding tert-OH is 2. The van der Waals surface area contributed by atoms with Gasteiger partial charge in [0, 0.05) is 6.42 Å². The van der Waals surface area contributed by atoms with Crippen LogP contribution in [0, 0.1) is 0 Å². The minimum absolute atomic E-state index is 0.0675. The molecule has 0 aliphatic carbocycles. The molecule has 0 spiro atoms. The van der Waals surface area contributed by atoms with Crippen molar-refractivity contribution in [1.82, 2.24) is 5.32 Å². The molecular formula is C40H79NO3. The van der Waals surface area contributed by atoms with Gasteiger partial charge in [0.15, 0.2) is 0 Å². The standard InChI is InChI=1S/C40H79NO3/c1-3-5-7-9-11-13-14-15-16-17-18-19-20-21-22-23-24-25-26-27-28-29-31-33-35-39(43)38(37-42)41-40(44)36-34-32-30-12-10-8-6-4-2/h33,35,38-39,42-43H,3-32,34,36-37H2,1-2H3,(H,41,44)/b35-33+. The van der Waals surface area contributed by atoms with E-state index in [2.05, 4.69) is 19.2 Å². The van der Waals surface area contributed by atoms with E-state index in [1.54, 1.807) is 6.08 Å². The third-order valence-electron chi connectivity index (χ3n) is 9.27. The minimum atomic E-state index is -0.831. The molecule has 3 N–H and O–H groups in total. The molecule has 0 aromatic rings. The van der Waals surface area contributed by atoms with Crippen molar-refractivity contribution in [2.45, 2.75) is 231 Å². The lowest BCUT2D eigenvalue weighted by atomic mass is 10.0. The van der Waals surface area contributed by atoms with Gasteiger partial charge in [-0.25, -0.2) is 0 Å². The Kier molecular flexibility index (Phi) is 35.9. The number of allylic oxidation sites excluding steroid dienone is 1. The average Bonchev–Trinajstić information content (AvgIpc) is 3.03. The summed E-state index contributed by atoms with van der Waals surface area (Å²) >= 11 is 0. The third kappa shape index (κ3) is 32.5. The van der Waals surface area contributed by atoms with Crippen molar-refractivity contribution in [3.05, 3.63) is 12.2 Å². The zero-order valence-corrected chi connectivity index (χ0v) is 29.9. The Morgan fingerprint density at radius 2 is 0.841 bits per heavy atom. The van der Waals surface area contributed by atoms with Crippen LogP contribution in [0.3, 0.4) is 0 Å². The number of aliphatic hydroxyl groups is 2. The van der Waals surface area contributed by atoms with Crippen molar-refractivity contribution in [2.75, 3.05) is 6.61 Å². The minimum Gasteiger partial charge on any atom is -0.394 e. The SMILES string of the molecule is CCCCCCCCCCCCCCCCCCCCCCCC/C=C/C(O)C(CO)NC(=O)CCCCCCCCCC. The lowest BCUT2D eigenvalue weighted by Gasteiger charge is -2.20. The Bertz CT molecular complexity index is 593. The van der Waals surface area contributed by atoms with Crippen molar-refractivity contribution >= 4 is 5.91 Å². The molecule has 0 heterocycles. The van der Waals surface area contributed by atoms with E-state index in [0.717, 1.165) is 25.7 Å². The smallest absolute Gasteiger partial charge is 0.220 e. The fraction of sp³-hybridized carbons (Fsp3) is 0.925. The Morgan fingerprint density at radius 3 is 1.18 bits per heavy atom. The summed E-state index contributed by atoms with van der Waals surface area (Å²) in [5.74, 6) is -0.0675. The summed E-state index contributed by atoms with van der Waals surface area (Å²) in [6, 6.07) is -0.614. The Balaban J connectivity index is 3.47. The van der Waals surface area contributed by atoms with Crippen LogP contribution in [0.15, 0.2) is 12.2 Å². The van der Waals surface area contributed by atoms with Crippen LogP contribution in [0.1, 0.15) is 219 Å². The van der Waals surface area contributed by atoms with Gasteiger partial charge < -0.3 is 15.5 Å². The molecule has 0 aliphatic heterocycles. The van der Waals surface area contributed by atoms with Gasteiger partial charge in [-0.2, -0.15) is 0 Å². The number of nitrogens with one attached hydrogen (secondary N) is 1. The van der Waals surface area contributed by atoms with Crippen molar-refractivity contribution in [1.29, 1.82) is 0 Å². The van der Waals surface area contributed by atoms with Gasteiger partial charge in [0.05, 0.1) is 18.8 Å². The van der Waals surface area contributed by atoms with Crippen LogP contribution in [-0.2, 0) is 4.79 Å². The van der Waals surface area contributed by atoms with Crippen LogP contribution in [0.4, 0.5) is 0 Å². The van der Waals surface area contributed by atoms with Crippen LogP contribution in [0.25, 0.3) is 0 Å². The van der Waals surface area contributed by atoms with E-state index in [0.29, 0.717) is 6.42 Å². The lowest BCUT2D eigenvalue weighted by Crippen LogP contribution is -2.45. The van der Waals surface area contributed by atoms with Crippen molar-refractivity contribution in [3.8, 4) is 0 Å². The van der Waals surface area contributed by atoms with Crippen LogP contribution in [-0.4, -0.2) is 34.9 Å². The molecule has 2 atom stereocenters. The highest BCUT2D eigenvalue weighted by atomic mass is 16.3. The molecule has 0 aromatic carbocycles. The Morgan fingerprint density at radius 1 is 0.523 bits per heavy atom.